The lowest BCUT2D eigenvalue weighted by Crippen LogP contribution is -2.43. The molecular formula is C29H33ClN2O3. The molecule has 0 bridgehead atoms. The number of benzene rings is 3. The zero-order chi connectivity index (χ0) is 25.1. The number of para-hydroxylation sites is 1. The van der Waals surface area contributed by atoms with Crippen LogP contribution in [0.5, 0.6) is 11.5 Å². The second-order valence-corrected chi connectivity index (χ2v) is 9.65. The fraction of sp³-hybridized carbons (Fsp3) is 0.345. The van der Waals surface area contributed by atoms with Gasteiger partial charge >= 0.3 is 0 Å². The van der Waals surface area contributed by atoms with Crippen molar-refractivity contribution in [2.45, 2.75) is 52.8 Å². The minimum absolute atomic E-state index is 0.0398. The van der Waals surface area contributed by atoms with E-state index in [0.717, 1.165) is 50.9 Å². The summed E-state index contributed by atoms with van der Waals surface area (Å²) in [6, 6.07) is 17.7. The number of methoxy groups -OCH3 is 1. The van der Waals surface area contributed by atoms with Crippen molar-refractivity contribution in [1.29, 1.82) is 0 Å². The highest BCUT2D eigenvalue weighted by atomic mass is 35.5. The molecule has 0 fully saturated rings. The predicted molar refractivity (Wildman–Crippen MR) is 142 cm³/mol. The number of nitrogens with one attached hydrogen (secondary N) is 1. The van der Waals surface area contributed by atoms with Crippen LogP contribution in [0.4, 0.5) is 5.69 Å². The number of halogens is 1. The molecule has 1 aliphatic heterocycles. The third kappa shape index (κ3) is 5.10. The summed E-state index contributed by atoms with van der Waals surface area (Å²) in [7, 11) is 1.66. The number of hydrogen-bond acceptors (Lipinski definition) is 4. The molecule has 1 atom stereocenters. The molecule has 0 aromatic heterocycles. The number of anilines is 1. The minimum Gasteiger partial charge on any atom is -0.496 e. The Bertz CT molecular complexity index is 1220. The maximum absolute atomic E-state index is 13.3. The average Bonchev–Trinajstić information content (AvgIpc) is 2.85. The van der Waals surface area contributed by atoms with Crippen molar-refractivity contribution >= 4 is 23.2 Å². The molecule has 0 radical (unpaired) electrons. The molecule has 4 rings (SSSR count). The van der Waals surface area contributed by atoms with Gasteiger partial charge in [-0.1, -0.05) is 50.6 Å². The molecule has 3 aromatic rings. The van der Waals surface area contributed by atoms with Gasteiger partial charge < -0.3 is 19.7 Å². The van der Waals surface area contributed by atoms with E-state index < -0.39 is 0 Å². The van der Waals surface area contributed by atoms with E-state index in [-0.39, 0.29) is 18.0 Å². The van der Waals surface area contributed by atoms with Gasteiger partial charge in [-0.3, -0.25) is 4.79 Å². The van der Waals surface area contributed by atoms with E-state index in [0.29, 0.717) is 18.7 Å². The summed E-state index contributed by atoms with van der Waals surface area (Å²) in [6.45, 7) is 9.31. The molecule has 1 unspecified atom stereocenters. The number of carbonyl (C=O) groups excluding carboxylic acids is 1. The lowest BCUT2D eigenvalue weighted by Gasteiger charge is -2.38. The Labute approximate surface area is 213 Å². The number of fused-ring (bicyclic) bond motifs is 1. The van der Waals surface area contributed by atoms with Crippen LogP contribution in [0, 0.1) is 6.92 Å². The molecule has 0 saturated heterocycles. The van der Waals surface area contributed by atoms with E-state index in [4.69, 9.17) is 21.1 Å². The molecule has 1 amide bonds. The van der Waals surface area contributed by atoms with Gasteiger partial charge in [0.25, 0.3) is 5.91 Å². The maximum atomic E-state index is 13.3. The van der Waals surface area contributed by atoms with Crippen LogP contribution in [0.1, 0.15) is 71.9 Å². The molecule has 1 heterocycles. The Balaban J connectivity index is 1.67. The number of hydrogen-bond donors (Lipinski definition) is 1. The van der Waals surface area contributed by atoms with Crippen LogP contribution in [0.2, 0.25) is 5.02 Å². The third-order valence-electron chi connectivity index (χ3n) is 6.40. The van der Waals surface area contributed by atoms with Gasteiger partial charge in [-0.15, -0.1) is 0 Å². The first-order valence-electron chi connectivity index (χ1n) is 12.1. The van der Waals surface area contributed by atoms with Gasteiger partial charge in [-0.2, -0.15) is 0 Å². The molecule has 1 N–H and O–H groups in total. The highest BCUT2D eigenvalue weighted by molar-refractivity contribution is 6.31. The molecular weight excluding hydrogens is 460 g/mol. The molecule has 5 nitrogen and oxygen atoms in total. The summed E-state index contributed by atoms with van der Waals surface area (Å²) < 4.78 is 12.0. The quantitative estimate of drug-likeness (QED) is 0.357. The number of ether oxygens (including phenoxy) is 2. The van der Waals surface area contributed by atoms with E-state index in [2.05, 4.69) is 32.2 Å². The molecule has 1 aliphatic rings. The molecule has 6 heteroatoms. The van der Waals surface area contributed by atoms with E-state index in [1.807, 2.05) is 60.4 Å². The van der Waals surface area contributed by atoms with Crippen LogP contribution in [-0.4, -0.2) is 24.5 Å². The van der Waals surface area contributed by atoms with Crippen molar-refractivity contribution in [2.75, 3.05) is 19.0 Å². The van der Waals surface area contributed by atoms with Crippen LogP contribution >= 0.6 is 11.6 Å². The van der Waals surface area contributed by atoms with Crippen LogP contribution < -0.4 is 14.8 Å². The zero-order valence-corrected chi connectivity index (χ0v) is 21.8. The number of amides is 1. The van der Waals surface area contributed by atoms with Gasteiger partial charge in [0.2, 0.25) is 0 Å². The number of carbonyl (C=O) groups is 1. The first kappa shape index (κ1) is 24.9. The number of nitrogens with zero attached hydrogens (tertiary/aromatic N) is 1. The molecule has 0 spiro atoms. The van der Waals surface area contributed by atoms with E-state index in [1.165, 1.54) is 0 Å². The highest BCUT2D eigenvalue weighted by Gasteiger charge is 2.32. The van der Waals surface area contributed by atoms with Gasteiger partial charge in [0.1, 0.15) is 24.3 Å². The summed E-state index contributed by atoms with van der Waals surface area (Å²) >= 11 is 6.37. The SMILES string of the molecule is CCCN1C(=O)c2ccccc2NC1c1ccc(OC)c(COc2cc(C)c(Cl)cc2C(C)C)c1. The summed E-state index contributed by atoms with van der Waals surface area (Å²) in [5.74, 6) is 1.88. The second-order valence-electron chi connectivity index (χ2n) is 9.24. The Morgan fingerprint density at radius 2 is 1.86 bits per heavy atom. The number of rotatable bonds is 8. The Hall–Kier alpha value is -3.18. The van der Waals surface area contributed by atoms with Crippen LogP contribution in [0.25, 0.3) is 0 Å². The van der Waals surface area contributed by atoms with Crippen LogP contribution in [-0.2, 0) is 6.61 Å². The largest absolute Gasteiger partial charge is 0.496 e. The predicted octanol–water partition coefficient (Wildman–Crippen LogP) is 7.34. The zero-order valence-electron chi connectivity index (χ0n) is 21.0. The van der Waals surface area contributed by atoms with Gasteiger partial charge in [0.05, 0.1) is 12.7 Å². The Morgan fingerprint density at radius 1 is 1.09 bits per heavy atom. The molecule has 0 saturated carbocycles. The van der Waals surface area contributed by atoms with Crippen molar-refractivity contribution in [3.63, 3.8) is 0 Å². The Kier molecular flexibility index (Phi) is 7.56. The standard InChI is InChI=1S/C29H33ClN2O3/c1-6-13-32-28(31-25-10-8-7-9-22(25)29(32)33)20-11-12-26(34-5)21(15-20)17-35-27-14-19(4)24(30)16-23(27)18(2)3/h7-12,14-16,18,28,31H,6,13,17H2,1-5H3. The smallest absolute Gasteiger partial charge is 0.257 e. The fourth-order valence-electron chi connectivity index (χ4n) is 4.51. The maximum Gasteiger partial charge on any atom is 0.257 e. The molecule has 3 aromatic carbocycles. The Morgan fingerprint density at radius 3 is 2.57 bits per heavy atom. The van der Waals surface area contributed by atoms with E-state index in [9.17, 15) is 4.79 Å². The third-order valence-corrected chi connectivity index (χ3v) is 6.81. The van der Waals surface area contributed by atoms with E-state index >= 15 is 0 Å². The van der Waals surface area contributed by atoms with Gasteiger partial charge in [-0.05, 0) is 72.4 Å². The monoisotopic (exact) mass is 492 g/mol. The lowest BCUT2D eigenvalue weighted by molar-refractivity contribution is 0.0683. The van der Waals surface area contributed by atoms with Crippen LogP contribution in [0.3, 0.4) is 0 Å². The molecule has 184 valence electrons. The highest BCUT2D eigenvalue weighted by Crippen LogP contribution is 2.36. The van der Waals surface area contributed by atoms with Crippen molar-refractivity contribution in [3.05, 3.63) is 87.4 Å². The van der Waals surface area contributed by atoms with Gasteiger partial charge in [0, 0.05) is 22.8 Å². The minimum atomic E-state index is -0.272. The second kappa shape index (κ2) is 10.6. The van der Waals surface area contributed by atoms with Gasteiger partial charge in [0.15, 0.2) is 0 Å². The normalized spacial score (nSPS) is 15.1. The first-order chi connectivity index (χ1) is 16.8. The topological polar surface area (TPSA) is 50.8 Å². The first-order valence-corrected chi connectivity index (χ1v) is 12.5. The fourth-order valence-corrected chi connectivity index (χ4v) is 4.68. The van der Waals surface area contributed by atoms with Crippen molar-refractivity contribution in [1.82, 2.24) is 4.90 Å². The van der Waals surface area contributed by atoms with Crippen molar-refractivity contribution in [3.8, 4) is 11.5 Å². The summed E-state index contributed by atoms with van der Waals surface area (Å²) in [5.41, 5.74) is 5.50. The van der Waals surface area contributed by atoms with Crippen molar-refractivity contribution < 1.29 is 14.3 Å². The average molecular weight is 493 g/mol. The molecule has 0 aliphatic carbocycles. The number of aryl methyl sites for hydroxylation is 1. The summed E-state index contributed by atoms with van der Waals surface area (Å²) in [4.78, 5) is 15.2. The lowest BCUT2D eigenvalue weighted by atomic mass is 10.00. The summed E-state index contributed by atoms with van der Waals surface area (Å²) in [5, 5.41) is 4.30. The van der Waals surface area contributed by atoms with Gasteiger partial charge in [-0.25, -0.2) is 0 Å². The van der Waals surface area contributed by atoms with E-state index in [1.54, 1.807) is 7.11 Å². The van der Waals surface area contributed by atoms with Crippen LogP contribution in [0.15, 0.2) is 54.6 Å². The summed E-state index contributed by atoms with van der Waals surface area (Å²) in [6.07, 6.45) is 0.595. The van der Waals surface area contributed by atoms with Crippen molar-refractivity contribution in [2.24, 2.45) is 0 Å². The molecule has 35 heavy (non-hydrogen) atoms.